The van der Waals surface area contributed by atoms with Gasteiger partial charge in [0.1, 0.15) is 0 Å². The van der Waals surface area contributed by atoms with Crippen LogP contribution < -0.4 is 10.2 Å². The Labute approximate surface area is 121 Å². The molecule has 20 heavy (non-hydrogen) atoms. The normalized spacial score (nSPS) is 16.9. The topological polar surface area (TPSA) is 28.2 Å². The van der Waals surface area contributed by atoms with Gasteiger partial charge in [-0.25, -0.2) is 9.37 Å². The number of pyridine rings is 1. The van der Waals surface area contributed by atoms with E-state index in [4.69, 9.17) is 0 Å². The molecule has 0 saturated carbocycles. The van der Waals surface area contributed by atoms with E-state index in [1.165, 1.54) is 0 Å². The molecule has 2 rings (SSSR count). The fourth-order valence-corrected chi connectivity index (χ4v) is 2.87. The quantitative estimate of drug-likeness (QED) is 0.897. The smallest absolute Gasteiger partial charge is 0.170 e. The second kappa shape index (κ2) is 7.02. The van der Waals surface area contributed by atoms with Crippen LogP contribution in [0.15, 0.2) is 12.3 Å². The van der Waals surface area contributed by atoms with E-state index in [-0.39, 0.29) is 5.82 Å². The molecule has 2 heterocycles. The van der Waals surface area contributed by atoms with Gasteiger partial charge in [-0.1, -0.05) is 20.8 Å². The number of nitrogens with one attached hydrogen (secondary N) is 1. The number of hydrogen-bond acceptors (Lipinski definition) is 3. The van der Waals surface area contributed by atoms with Crippen LogP contribution in [-0.2, 0) is 6.54 Å². The molecule has 0 atom stereocenters. The van der Waals surface area contributed by atoms with Crippen LogP contribution in [0.4, 0.5) is 10.2 Å². The number of piperidine rings is 1. The number of aromatic nitrogens is 1. The Bertz CT molecular complexity index is 426. The van der Waals surface area contributed by atoms with Crippen LogP contribution in [0.1, 0.15) is 39.2 Å². The van der Waals surface area contributed by atoms with Gasteiger partial charge in [-0.3, -0.25) is 0 Å². The van der Waals surface area contributed by atoms with Gasteiger partial charge in [0.15, 0.2) is 11.6 Å². The summed E-state index contributed by atoms with van der Waals surface area (Å²) in [7, 11) is 0. The molecule has 0 bridgehead atoms. The molecule has 1 aliphatic heterocycles. The molecule has 0 spiro atoms. The average Bonchev–Trinajstić information content (AvgIpc) is 2.46. The van der Waals surface area contributed by atoms with Gasteiger partial charge in [-0.05, 0) is 37.3 Å². The van der Waals surface area contributed by atoms with E-state index < -0.39 is 0 Å². The molecule has 1 saturated heterocycles. The maximum absolute atomic E-state index is 14.5. The monoisotopic (exact) mass is 279 g/mol. The van der Waals surface area contributed by atoms with Gasteiger partial charge in [0, 0.05) is 31.4 Å². The summed E-state index contributed by atoms with van der Waals surface area (Å²) in [6.07, 6.45) is 3.99. The van der Waals surface area contributed by atoms with Gasteiger partial charge in [-0.2, -0.15) is 0 Å². The highest BCUT2D eigenvalue weighted by molar-refractivity contribution is 5.43. The standard InChI is InChI=1S/C16H26FN3/c1-4-18-11-14-5-8-19-16(15(14)17)20-9-6-13(7-10-20)12(2)3/h5,8,12-13,18H,4,6-7,9-11H2,1-3H3. The SMILES string of the molecule is CCNCc1ccnc(N2CCC(C(C)C)CC2)c1F. The Morgan fingerprint density at radius 2 is 2.10 bits per heavy atom. The van der Waals surface area contributed by atoms with Crippen LogP contribution >= 0.6 is 0 Å². The third-order valence-electron chi connectivity index (χ3n) is 4.30. The molecule has 1 aliphatic rings. The molecule has 0 unspecified atom stereocenters. The first-order valence-electron chi connectivity index (χ1n) is 7.72. The minimum absolute atomic E-state index is 0.156. The summed E-state index contributed by atoms with van der Waals surface area (Å²) in [5.41, 5.74) is 0.711. The predicted octanol–water partition coefficient (Wildman–Crippen LogP) is 3.20. The molecule has 1 aromatic rings. The van der Waals surface area contributed by atoms with Crippen molar-refractivity contribution in [3.8, 4) is 0 Å². The molecular weight excluding hydrogens is 253 g/mol. The number of rotatable bonds is 5. The van der Waals surface area contributed by atoms with Gasteiger partial charge in [0.05, 0.1) is 0 Å². The van der Waals surface area contributed by atoms with Gasteiger partial charge in [-0.15, -0.1) is 0 Å². The molecule has 1 aromatic heterocycles. The zero-order chi connectivity index (χ0) is 14.5. The van der Waals surface area contributed by atoms with Gasteiger partial charge < -0.3 is 10.2 Å². The summed E-state index contributed by atoms with van der Waals surface area (Å²) in [5, 5.41) is 3.17. The number of halogens is 1. The number of nitrogens with zero attached hydrogens (tertiary/aromatic N) is 2. The molecule has 0 radical (unpaired) electrons. The summed E-state index contributed by atoms with van der Waals surface area (Å²) in [5.74, 6) is 1.85. The summed E-state index contributed by atoms with van der Waals surface area (Å²) >= 11 is 0. The van der Waals surface area contributed by atoms with Gasteiger partial charge in [0.25, 0.3) is 0 Å². The molecule has 3 nitrogen and oxygen atoms in total. The van der Waals surface area contributed by atoms with E-state index in [2.05, 4.69) is 29.0 Å². The number of anilines is 1. The lowest BCUT2D eigenvalue weighted by molar-refractivity contribution is 0.309. The number of hydrogen-bond donors (Lipinski definition) is 1. The fourth-order valence-electron chi connectivity index (χ4n) is 2.87. The Hall–Kier alpha value is -1.16. The van der Waals surface area contributed by atoms with Crippen molar-refractivity contribution in [1.82, 2.24) is 10.3 Å². The molecule has 1 N–H and O–H groups in total. The zero-order valence-corrected chi connectivity index (χ0v) is 12.8. The second-order valence-electron chi connectivity index (χ2n) is 5.96. The van der Waals surface area contributed by atoms with Crippen molar-refractivity contribution < 1.29 is 4.39 Å². The molecule has 1 fully saturated rings. The van der Waals surface area contributed by atoms with E-state index in [9.17, 15) is 4.39 Å². The van der Waals surface area contributed by atoms with Crippen molar-refractivity contribution in [2.75, 3.05) is 24.5 Å². The van der Waals surface area contributed by atoms with Crippen LogP contribution in [0.25, 0.3) is 0 Å². The highest BCUT2D eigenvalue weighted by Crippen LogP contribution is 2.28. The van der Waals surface area contributed by atoms with Crippen LogP contribution in [0, 0.1) is 17.7 Å². The summed E-state index contributed by atoms with van der Waals surface area (Å²) < 4.78 is 14.5. The molecule has 0 aliphatic carbocycles. The van der Waals surface area contributed by atoms with E-state index in [0.717, 1.165) is 44.3 Å². The maximum atomic E-state index is 14.5. The maximum Gasteiger partial charge on any atom is 0.170 e. The first-order chi connectivity index (χ1) is 9.63. The highest BCUT2D eigenvalue weighted by Gasteiger charge is 2.24. The lowest BCUT2D eigenvalue weighted by Gasteiger charge is -2.34. The van der Waals surface area contributed by atoms with Crippen molar-refractivity contribution in [2.45, 2.75) is 40.2 Å². The minimum Gasteiger partial charge on any atom is -0.354 e. The molecule has 0 amide bonds. The van der Waals surface area contributed by atoms with Crippen molar-refractivity contribution in [3.05, 3.63) is 23.6 Å². The Morgan fingerprint density at radius 3 is 2.70 bits per heavy atom. The van der Waals surface area contributed by atoms with Crippen LogP contribution in [0.3, 0.4) is 0 Å². The van der Waals surface area contributed by atoms with Crippen LogP contribution in [0.2, 0.25) is 0 Å². The minimum atomic E-state index is -0.156. The Morgan fingerprint density at radius 1 is 1.40 bits per heavy atom. The second-order valence-corrected chi connectivity index (χ2v) is 5.96. The highest BCUT2D eigenvalue weighted by atomic mass is 19.1. The molecule has 112 valence electrons. The fraction of sp³-hybridized carbons (Fsp3) is 0.688. The Balaban J connectivity index is 2.06. The summed E-state index contributed by atoms with van der Waals surface area (Å²) in [4.78, 5) is 6.36. The summed E-state index contributed by atoms with van der Waals surface area (Å²) in [6, 6.07) is 1.77. The van der Waals surface area contributed by atoms with E-state index >= 15 is 0 Å². The molecular formula is C16H26FN3. The molecule has 4 heteroatoms. The lowest BCUT2D eigenvalue weighted by Crippen LogP contribution is -2.36. The third-order valence-corrected chi connectivity index (χ3v) is 4.30. The van der Waals surface area contributed by atoms with Gasteiger partial charge >= 0.3 is 0 Å². The zero-order valence-electron chi connectivity index (χ0n) is 12.8. The van der Waals surface area contributed by atoms with E-state index in [1.54, 1.807) is 12.3 Å². The van der Waals surface area contributed by atoms with Crippen LogP contribution in [-0.4, -0.2) is 24.6 Å². The first-order valence-corrected chi connectivity index (χ1v) is 7.72. The third kappa shape index (κ3) is 3.48. The van der Waals surface area contributed by atoms with E-state index in [1.807, 2.05) is 6.92 Å². The first kappa shape index (κ1) is 15.2. The summed E-state index contributed by atoms with van der Waals surface area (Å²) in [6.45, 7) is 9.81. The average molecular weight is 279 g/mol. The van der Waals surface area contributed by atoms with Crippen molar-refractivity contribution in [3.63, 3.8) is 0 Å². The van der Waals surface area contributed by atoms with Crippen molar-refractivity contribution in [1.29, 1.82) is 0 Å². The van der Waals surface area contributed by atoms with Crippen LogP contribution in [0.5, 0.6) is 0 Å². The predicted molar refractivity (Wildman–Crippen MR) is 81.4 cm³/mol. The largest absolute Gasteiger partial charge is 0.354 e. The van der Waals surface area contributed by atoms with Gasteiger partial charge in [0.2, 0.25) is 0 Å². The lowest BCUT2D eigenvalue weighted by atomic mass is 9.87. The molecule has 0 aromatic carbocycles. The van der Waals surface area contributed by atoms with Crippen molar-refractivity contribution >= 4 is 5.82 Å². The van der Waals surface area contributed by atoms with Crippen molar-refractivity contribution in [2.24, 2.45) is 11.8 Å². The van der Waals surface area contributed by atoms with E-state index in [0.29, 0.717) is 17.9 Å². The Kier molecular flexibility index (Phi) is 5.35.